The zero-order valence-corrected chi connectivity index (χ0v) is 11.0. The SMILES string of the molecule is CCCCCCCCCC1(O)CCOC1C. The molecule has 2 nitrogen and oxygen atoms in total. The fourth-order valence-electron chi connectivity index (χ4n) is 2.49. The van der Waals surface area contributed by atoms with Gasteiger partial charge in [0.15, 0.2) is 0 Å². The third-order valence-electron chi connectivity index (χ3n) is 3.87. The fraction of sp³-hybridized carbons (Fsp3) is 1.00. The van der Waals surface area contributed by atoms with Crippen molar-refractivity contribution in [3.8, 4) is 0 Å². The summed E-state index contributed by atoms with van der Waals surface area (Å²) in [6, 6.07) is 0. The largest absolute Gasteiger partial charge is 0.387 e. The van der Waals surface area contributed by atoms with E-state index in [0.717, 1.165) is 25.9 Å². The van der Waals surface area contributed by atoms with Gasteiger partial charge in [0.25, 0.3) is 0 Å². The van der Waals surface area contributed by atoms with Crippen molar-refractivity contribution < 1.29 is 9.84 Å². The number of ether oxygens (including phenoxy) is 1. The molecule has 0 saturated carbocycles. The highest BCUT2D eigenvalue weighted by atomic mass is 16.5. The van der Waals surface area contributed by atoms with Crippen molar-refractivity contribution in [3.63, 3.8) is 0 Å². The van der Waals surface area contributed by atoms with E-state index in [-0.39, 0.29) is 6.10 Å². The van der Waals surface area contributed by atoms with E-state index in [2.05, 4.69) is 6.92 Å². The summed E-state index contributed by atoms with van der Waals surface area (Å²) in [5.74, 6) is 0. The van der Waals surface area contributed by atoms with Gasteiger partial charge in [-0.15, -0.1) is 0 Å². The third-order valence-corrected chi connectivity index (χ3v) is 3.87. The molecule has 96 valence electrons. The van der Waals surface area contributed by atoms with Gasteiger partial charge < -0.3 is 9.84 Å². The average molecular weight is 228 g/mol. The minimum atomic E-state index is -0.524. The predicted molar refractivity (Wildman–Crippen MR) is 67.6 cm³/mol. The lowest BCUT2D eigenvalue weighted by Gasteiger charge is -2.25. The number of hydrogen-bond acceptors (Lipinski definition) is 2. The maximum atomic E-state index is 10.3. The first-order chi connectivity index (χ1) is 7.69. The van der Waals surface area contributed by atoms with Crippen molar-refractivity contribution >= 4 is 0 Å². The van der Waals surface area contributed by atoms with Gasteiger partial charge in [-0.25, -0.2) is 0 Å². The summed E-state index contributed by atoms with van der Waals surface area (Å²) in [7, 11) is 0. The Morgan fingerprint density at radius 2 is 1.75 bits per heavy atom. The first-order valence-electron chi connectivity index (χ1n) is 7.03. The second-order valence-electron chi connectivity index (χ2n) is 5.24. The summed E-state index contributed by atoms with van der Waals surface area (Å²) in [5, 5.41) is 10.3. The number of unbranched alkanes of at least 4 members (excludes halogenated alkanes) is 6. The summed E-state index contributed by atoms with van der Waals surface area (Å²) < 4.78 is 5.43. The van der Waals surface area contributed by atoms with Crippen LogP contribution in [0.2, 0.25) is 0 Å². The van der Waals surface area contributed by atoms with Gasteiger partial charge in [0.05, 0.1) is 11.7 Å². The summed E-state index contributed by atoms with van der Waals surface area (Å²) in [5.41, 5.74) is -0.524. The van der Waals surface area contributed by atoms with Crippen molar-refractivity contribution in [2.45, 2.75) is 83.3 Å². The quantitative estimate of drug-likeness (QED) is 0.642. The maximum absolute atomic E-state index is 10.3. The second kappa shape index (κ2) is 7.29. The van der Waals surface area contributed by atoms with Crippen LogP contribution in [0.5, 0.6) is 0 Å². The van der Waals surface area contributed by atoms with Gasteiger partial charge in [0.2, 0.25) is 0 Å². The number of rotatable bonds is 8. The van der Waals surface area contributed by atoms with Crippen LogP contribution >= 0.6 is 0 Å². The molecule has 1 fully saturated rings. The van der Waals surface area contributed by atoms with Gasteiger partial charge in [0.1, 0.15) is 0 Å². The number of aliphatic hydroxyl groups is 1. The summed E-state index contributed by atoms with van der Waals surface area (Å²) in [6.07, 6.45) is 10.9. The number of hydrogen-bond donors (Lipinski definition) is 1. The highest BCUT2D eigenvalue weighted by molar-refractivity contribution is 4.89. The van der Waals surface area contributed by atoms with Crippen molar-refractivity contribution in [2.24, 2.45) is 0 Å². The molecule has 0 spiro atoms. The van der Waals surface area contributed by atoms with E-state index in [1.165, 1.54) is 38.5 Å². The molecule has 1 heterocycles. The van der Waals surface area contributed by atoms with Crippen molar-refractivity contribution in [3.05, 3.63) is 0 Å². The van der Waals surface area contributed by atoms with Crippen LogP contribution in [0.4, 0.5) is 0 Å². The molecule has 1 saturated heterocycles. The molecule has 0 aromatic heterocycles. The molecule has 0 aliphatic carbocycles. The third kappa shape index (κ3) is 4.42. The Balaban J connectivity index is 1.98. The summed E-state index contributed by atoms with van der Waals surface area (Å²) >= 11 is 0. The second-order valence-corrected chi connectivity index (χ2v) is 5.24. The lowest BCUT2D eigenvalue weighted by atomic mass is 9.90. The van der Waals surface area contributed by atoms with Crippen LogP contribution in [-0.4, -0.2) is 23.4 Å². The van der Waals surface area contributed by atoms with Gasteiger partial charge in [-0.1, -0.05) is 51.9 Å². The van der Waals surface area contributed by atoms with E-state index in [1.807, 2.05) is 6.92 Å². The molecule has 1 N–H and O–H groups in total. The Morgan fingerprint density at radius 3 is 2.31 bits per heavy atom. The van der Waals surface area contributed by atoms with Crippen LogP contribution in [0.15, 0.2) is 0 Å². The van der Waals surface area contributed by atoms with Crippen LogP contribution in [0, 0.1) is 0 Å². The van der Waals surface area contributed by atoms with Crippen LogP contribution in [-0.2, 0) is 4.74 Å². The predicted octanol–water partition coefficient (Wildman–Crippen LogP) is 3.67. The Labute approximate surface area is 100 Å². The minimum absolute atomic E-state index is 0.0348. The summed E-state index contributed by atoms with van der Waals surface area (Å²) in [4.78, 5) is 0. The van der Waals surface area contributed by atoms with Gasteiger partial charge in [-0.2, -0.15) is 0 Å². The zero-order valence-electron chi connectivity index (χ0n) is 11.0. The molecule has 0 radical (unpaired) electrons. The first-order valence-corrected chi connectivity index (χ1v) is 7.03. The molecule has 16 heavy (non-hydrogen) atoms. The molecule has 2 atom stereocenters. The molecule has 1 rings (SSSR count). The lowest BCUT2D eigenvalue weighted by Crippen LogP contribution is -2.35. The molecule has 0 aromatic carbocycles. The van der Waals surface area contributed by atoms with E-state index in [9.17, 15) is 5.11 Å². The van der Waals surface area contributed by atoms with E-state index in [4.69, 9.17) is 4.74 Å². The average Bonchev–Trinajstić information content (AvgIpc) is 2.59. The van der Waals surface area contributed by atoms with Crippen molar-refractivity contribution in [2.75, 3.05) is 6.61 Å². The molecule has 2 heteroatoms. The van der Waals surface area contributed by atoms with E-state index < -0.39 is 5.60 Å². The molecule has 0 aromatic rings. The Hall–Kier alpha value is -0.0800. The minimum Gasteiger partial charge on any atom is -0.387 e. The lowest BCUT2D eigenvalue weighted by molar-refractivity contribution is -0.0345. The standard InChI is InChI=1S/C14H28O2/c1-3-4-5-6-7-8-9-10-14(15)11-12-16-13(14)2/h13,15H,3-12H2,1-2H3. The Kier molecular flexibility index (Phi) is 6.37. The first kappa shape index (κ1) is 14.0. The highest BCUT2D eigenvalue weighted by Crippen LogP contribution is 2.30. The molecule has 0 amide bonds. The van der Waals surface area contributed by atoms with Crippen LogP contribution in [0.1, 0.15) is 71.6 Å². The van der Waals surface area contributed by atoms with Gasteiger partial charge in [0, 0.05) is 13.0 Å². The van der Waals surface area contributed by atoms with Crippen LogP contribution in [0.25, 0.3) is 0 Å². The molecule has 1 aliphatic heterocycles. The van der Waals surface area contributed by atoms with Gasteiger partial charge in [-0.3, -0.25) is 0 Å². The topological polar surface area (TPSA) is 29.5 Å². The summed E-state index contributed by atoms with van der Waals surface area (Å²) in [6.45, 7) is 4.97. The molecular weight excluding hydrogens is 200 g/mol. The smallest absolute Gasteiger partial charge is 0.0927 e. The van der Waals surface area contributed by atoms with Crippen molar-refractivity contribution in [1.29, 1.82) is 0 Å². The Bertz CT molecular complexity index is 182. The maximum Gasteiger partial charge on any atom is 0.0927 e. The van der Waals surface area contributed by atoms with Crippen LogP contribution in [0.3, 0.4) is 0 Å². The van der Waals surface area contributed by atoms with E-state index >= 15 is 0 Å². The van der Waals surface area contributed by atoms with E-state index in [0.29, 0.717) is 0 Å². The Morgan fingerprint density at radius 1 is 1.12 bits per heavy atom. The normalized spacial score (nSPS) is 29.8. The molecular formula is C14H28O2. The highest BCUT2D eigenvalue weighted by Gasteiger charge is 2.38. The molecule has 1 aliphatic rings. The fourth-order valence-corrected chi connectivity index (χ4v) is 2.49. The van der Waals surface area contributed by atoms with Crippen molar-refractivity contribution in [1.82, 2.24) is 0 Å². The van der Waals surface area contributed by atoms with Gasteiger partial charge >= 0.3 is 0 Å². The molecule has 2 unspecified atom stereocenters. The van der Waals surface area contributed by atoms with E-state index in [1.54, 1.807) is 0 Å². The van der Waals surface area contributed by atoms with Gasteiger partial charge in [-0.05, 0) is 13.3 Å². The van der Waals surface area contributed by atoms with Crippen LogP contribution < -0.4 is 0 Å². The zero-order chi connectivity index (χ0) is 11.9. The monoisotopic (exact) mass is 228 g/mol. The molecule has 0 bridgehead atoms.